The standard InChI is InChI=1S/C25H30N6O3S/c1-4-31(7-8-32)25(33)15-5-6-17-21(10-15)35-24-22(17)23(26-13-27-24)29-19-9-16-12-28-30-18(16)11-20(19)34-14(2)3/h9,11-15,32H,4-8,10H2,1-3H3,(H,28,30)(H,26,27,29)/t15-/m0/s1. The van der Waals surface area contributed by atoms with Crippen molar-refractivity contribution in [3.8, 4) is 5.75 Å². The highest BCUT2D eigenvalue weighted by Crippen LogP contribution is 2.42. The lowest BCUT2D eigenvalue weighted by atomic mass is 9.87. The van der Waals surface area contributed by atoms with Crippen molar-refractivity contribution in [2.75, 3.05) is 25.0 Å². The second-order valence-corrected chi connectivity index (χ2v) is 10.2. The van der Waals surface area contributed by atoms with Gasteiger partial charge in [-0.2, -0.15) is 5.10 Å². The van der Waals surface area contributed by atoms with Crippen LogP contribution in [-0.4, -0.2) is 61.9 Å². The number of rotatable bonds is 8. The van der Waals surface area contributed by atoms with Gasteiger partial charge in [-0.15, -0.1) is 11.3 Å². The van der Waals surface area contributed by atoms with Crippen LogP contribution in [-0.2, 0) is 17.6 Å². The number of thiophene rings is 1. The molecule has 0 radical (unpaired) electrons. The highest BCUT2D eigenvalue weighted by molar-refractivity contribution is 7.19. The summed E-state index contributed by atoms with van der Waals surface area (Å²) in [5.74, 6) is 1.52. The molecule has 0 unspecified atom stereocenters. The van der Waals surface area contributed by atoms with Gasteiger partial charge in [-0.3, -0.25) is 9.89 Å². The smallest absolute Gasteiger partial charge is 0.226 e. The maximum atomic E-state index is 13.0. The summed E-state index contributed by atoms with van der Waals surface area (Å²) in [7, 11) is 0. The summed E-state index contributed by atoms with van der Waals surface area (Å²) in [6.45, 7) is 6.92. The Kier molecular flexibility index (Phi) is 6.57. The predicted octanol–water partition coefficient (Wildman–Crippen LogP) is 4.04. The van der Waals surface area contributed by atoms with Crippen LogP contribution in [0.3, 0.4) is 0 Å². The minimum absolute atomic E-state index is 0.0123. The van der Waals surface area contributed by atoms with Crippen molar-refractivity contribution in [3.63, 3.8) is 0 Å². The van der Waals surface area contributed by atoms with E-state index in [1.54, 1.807) is 28.8 Å². The molecule has 1 aliphatic carbocycles. The molecule has 184 valence electrons. The van der Waals surface area contributed by atoms with Crippen molar-refractivity contribution >= 4 is 49.9 Å². The van der Waals surface area contributed by atoms with Gasteiger partial charge >= 0.3 is 0 Å². The minimum atomic E-state index is -0.0685. The summed E-state index contributed by atoms with van der Waals surface area (Å²) in [5, 5.41) is 21.9. The van der Waals surface area contributed by atoms with Crippen molar-refractivity contribution in [1.82, 2.24) is 25.1 Å². The Morgan fingerprint density at radius 2 is 2.23 bits per heavy atom. The van der Waals surface area contributed by atoms with Gasteiger partial charge in [-0.05, 0) is 51.7 Å². The number of hydrogen-bond donors (Lipinski definition) is 3. The van der Waals surface area contributed by atoms with Gasteiger partial charge in [0.15, 0.2) is 0 Å². The first-order chi connectivity index (χ1) is 17.0. The quantitative estimate of drug-likeness (QED) is 0.338. The fraction of sp³-hybridized carbons (Fsp3) is 0.440. The monoisotopic (exact) mass is 494 g/mol. The second kappa shape index (κ2) is 9.79. The van der Waals surface area contributed by atoms with Gasteiger partial charge in [0.05, 0.1) is 35.5 Å². The van der Waals surface area contributed by atoms with Crippen LogP contribution in [0.25, 0.3) is 21.1 Å². The van der Waals surface area contributed by atoms with E-state index in [1.807, 2.05) is 32.9 Å². The molecule has 35 heavy (non-hydrogen) atoms. The number of likely N-dealkylation sites (N-methyl/N-ethyl adjacent to an activating group) is 1. The van der Waals surface area contributed by atoms with Crippen LogP contribution in [0.2, 0.25) is 0 Å². The van der Waals surface area contributed by atoms with Crippen molar-refractivity contribution in [2.24, 2.45) is 5.92 Å². The third-order valence-electron chi connectivity index (χ3n) is 6.41. The normalized spacial score (nSPS) is 15.5. The number of aromatic nitrogens is 4. The summed E-state index contributed by atoms with van der Waals surface area (Å²) < 4.78 is 6.08. The Morgan fingerprint density at radius 1 is 1.37 bits per heavy atom. The Bertz CT molecular complexity index is 1360. The number of carbonyl (C=O) groups excluding carboxylic acids is 1. The molecule has 1 amide bonds. The summed E-state index contributed by atoms with van der Waals surface area (Å²) in [6.07, 6.45) is 5.64. The molecule has 0 saturated heterocycles. The number of aliphatic hydroxyl groups excluding tert-OH is 1. The number of aryl methyl sites for hydroxylation is 1. The molecule has 3 N–H and O–H groups in total. The topological polar surface area (TPSA) is 116 Å². The van der Waals surface area contributed by atoms with Gasteiger partial charge in [-0.25, -0.2) is 9.97 Å². The lowest BCUT2D eigenvalue weighted by Gasteiger charge is -2.28. The molecule has 0 spiro atoms. The third-order valence-corrected chi connectivity index (χ3v) is 7.58. The van der Waals surface area contributed by atoms with E-state index in [2.05, 4.69) is 25.5 Å². The highest BCUT2D eigenvalue weighted by atomic mass is 32.1. The first-order valence-electron chi connectivity index (χ1n) is 12.0. The third kappa shape index (κ3) is 4.55. The molecule has 3 aromatic heterocycles. The first kappa shape index (κ1) is 23.5. The van der Waals surface area contributed by atoms with E-state index in [9.17, 15) is 9.90 Å². The zero-order valence-electron chi connectivity index (χ0n) is 20.2. The molecule has 0 bridgehead atoms. The molecular weight excluding hydrogens is 464 g/mol. The van der Waals surface area contributed by atoms with Crippen LogP contribution in [0.15, 0.2) is 24.7 Å². The zero-order valence-corrected chi connectivity index (χ0v) is 21.0. The maximum absolute atomic E-state index is 13.0. The fourth-order valence-electron chi connectivity index (χ4n) is 4.77. The number of nitrogens with zero attached hydrogens (tertiary/aromatic N) is 4. The fourth-order valence-corrected chi connectivity index (χ4v) is 6.03. The number of amides is 1. The van der Waals surface area contributed by atoms with E-state index in [-0.39, 0.29) is 24.5 Å². The van der Waals surface area contributed by atoms with Gasteiger partial charge in [0.2, 0.25) is 5.91 Å². The number of H-pyrrole nitrogens is 1. The van der Waals surface area contributed by atoms with Crippen LogP contribution in [0.5, 0.6) is 5.75 Å². The molecule has 1 aromatic carbocycles. The average Bonchev–Trinajstić information content (AvgIpc) is 3.45. The summed E-state index contributed by atoms with van der Waals surface area (Å²) in [4.78, 5) is 26.0. The highest BCUT2D eigenvalue weighted by Gasteiger charge is 2.31. The van der Waals surface area contributed by atoms with Crippen LogP contribution in [0.1, 0.15) is 37.6 Å². The van der Waals surface area contributed by atoms with Crippen LogP contribution in [0.4, 0.5) is 11.5 Å². The number of ether oxygens (including phenoxy) is 1. The van der Waals surface area contributed by atoms with Gasteiger partial charge in [0.1, 0.15) is 22.7 Å². The summed E-state index contributed by atoms with van der Waals surface area (Å²) in [6, 6.07) is 3.96. The van der Waals surface area contributed by atoms with Gasteiger partial charge in [0, 0.05) is 35.3 Å². The van der Waals surface area contributed by atoms with E-state index < -0.39 is 0 Å². The van der Waals surface area contributed by atoms with Crippen LogP contribution in [0, 0.1) is 5.92 Å². The maximum Gasteiger partial charge on any atom is 0.226 e. The molecule has 10 heteroatoms. The van der Waals surface area contributed by atoms with Crippen LogP contribution >= 0.6 is 11.3 Å². The number of benzene rings is 1. The number of anilines is 2. The van der Waals surface area contributed by atoms with Crippen molar-refractivity contribution in [2.45, 2.75) is 46.1 Å². The molecule has 0 fully saturated rings. The van der Waals surface area contributed by atoms with E-state index in [0.29, 0.717) is 19.5 Å². The van der Waals surface area contributed by atoms with Crippen molar-refractivity contribution < 1.29 is 14.6 Å². The molecule has 1 atom stereocenters. The summed E-state index contributed by atoms with van der Waals surface area (Å²) >= 11 is 1.64. The molecule has 1 aliphatic rings. The van der Waals surface area contributed by atoms with E-state index in [4.69, 9.17) is 4.74 Å². The zero-order chi connectivity index (χ0) is 24.5. The predicted molar refractivity (Wildman–Crippen MR) is 137 cm³/mol. The Morgan fingerprint density at radius 3 is 3.00 bits per heavy atom. The van der Waals surface area contributed by atoms with Gasteiger partial charge in [0.25, 0.3) is 0 Å². The largest absolute Gasteiger partial charge is 0.489 e. The molecular formula is C25H30N6O3S. The Hall–Kier alpha value is -3.24. The minimum Gasteiger partial charge on any atom is -0.489 e. The number of hydrogen-bond acceptors (Lipinski definition) is 8. The lowest BCUT2D eigenvalue weighted by Crippen LogP contribution is -2.39. The SMILES string of the molecule is CCN(CCO)C(=O)[C@H]1CCc2c(sc3ncnc(Nc4cc5cn[nH]c5cc4OC(C)C)c23)C1. The Labute approximate surface area is 207 Å². The van der Waals surface area contributed by atoms with Crippen molar-refractivity contribution in [3.05, 3.63) is 35.1 Å². The lowest BCUT2D eigenvalue weighted by molar-refractivity contribution is -0.136. The number of fused-ring (bicyclic) bond motifs is 4. The number of nitrogens with one attached hydrogen (secondary N) is 2. The number of carbonyl (C=O) groups is 1. The Balaban J connectivity index is 1.48. The second-order valence-electron chi connectivity index (χ2n) is 9.08. The molecule has 9 nitrogen and oxygen atoms in total. The molecule has 5 rings (SSSR count). The van der Waals surface area contributed by atoms with E-state index in [0.717, 1.165) is 51.2 Å². The van der Waals surface area contributed by atoms with Gasteiger partial charge < -0.3 is 20.1 Å². The van der Waals surface area contributed by atoms with Gasteiger partial charge in [-0.1, -0.05) is 0 Å². The first-order valence-corrected chi connectivity index (χ1v) is 12.9. The molecule has 4 aromatic rings. The summed E-state index contributed by atoms with van der Waals surface area (Å²) in [5.41, 5.74) is 2.95. The van der Waals surface area contributed by atoms with Crippen LogP contribution < -0.4 is 10.1 Å². The molecule has 0 aliphatic heterocycles. The van der Waals surface area contributed by atoms with E-state index in [1.165, 1.54) is 10.4 Å². The number of aliphatic hydroxyl groups is 1. The average molecular weight is 495 g/mol. The number of aromatic amines is 1. The van der Waals surface area contributed by atoms with E-state index >= 15 is 0 Å². The molecule has 3 heterocycles. The van der Waals surface area contributed by atoms with Crippen molar-refractivity contribution in [1.29, 1.82) is 0 Å². The molecule has 0 saturated carbocycles.